The Morgan fingerprint density at radius 3 is 2.60 bits per heavy atom. The zero-order valence-corrected chi connectivity index (χ0v) is 8.06. The number of hydrogen-bond donors (Lipinski definition) is 2. The summed E-state index contributed by atoms with van der Waals surface area (Å²) in [7, 11) is 0. The fourth-order valence-corrected chi connectivity index (χ4v) is 1.03. The predicted molar refractivity (Wildman–Crippen MR) is 55.7 cm³/mol. The Labute approximate surface area is 87.0 Å². The third-order valence-electron chi connectivity index (χ3n) is 1.89. The van der Waals surface area contributed by atoms with Crippen LogP contribution >= 0.6 is 0 Å². The Kier molecular flexibility index (Phi) is 4.00. The number of rotatable bonds is 4. The zero-order chi connectivity index (χ0) is 11.3. The van der Waals surface area contributed by atoms with E-state index >= 15 is 0 Å². The third-order valence-corrected chi connectivity index (χ3v) is 1.89. The summed E-state index contributed by atoms with van der Waals surface area (Å²) < 4.78 is 12.5. The van der Waals surface area contributed by atoms with Crippen molar-refractivity contribution in [1.29, 1.82) is 0 Å². The van der Waals surface area contributed by atoms with Gasteiger partial charge in [0.25, 0.3) is 0 Å². The van der Waals surface area contributed by atoms with Crippen molar-refractivity contribution < 1.29 is 14.3 Å². The standard InChI is InChI=1S/C11H12FNO2/c12-9-6-4-8(5-7-9)2-1-3-10(13)11(14)15/h1-2,4-7,10H,3,13H2,(H,14,15)/b2-1+. The van der Waals surface area contributed by atoms with Gasteiger partial charge in [0.1, 0.15) is 11.9 Å². The van der Waals surface area contributed by atoms with Gasteiger partial charge in [-0.2, -0.15) is 0 Å². The van der Waals surface area contributed by atoms with Gasteiger partial charge in [0.05, 0.1) is 0 Å². The number of carboxylic acids is 1. The van der Waals surface area contributed by atoms with E-state index in [4.69, 9.17) is 10.8 Å². The van der Waals surface area contributed by atoms with Crippen LogP contribution in [0.5, 0.6) is 0 Å². The summed E-state index contributed by atoms with van der Waals surface area (Å²) >= 11 is 0. The molecule has 0 aliphatic heterocycles. The van der Waals surface area contributed by atoms with E-state index in [0.717, 1.165) is 5.56 Å². The molecule has 0 saturated carbocycles. The summed E-state index contributed by atoms with van der Waals surface area (Å²) in [6.45, 7) is 0. The van der Waals surface area contributed by atoms with E-state index in [0.29, 0.717) is 0 Å². The van der Waals surface area contributed by atoms with Crippen LogP contribution in [0, 0.1) is 5.82 Å². The van der Waals surface area contributed by atoms with Gasteiger partial charge in [-0.25, -0.2) is 4.39 Å². The molecule has 0 aliphatic carbocycles. The average molecular weight is 209 g/mol. The first-order valence-corrected chi connectivity index (χ1v) is 4.50. The highest BCUT2D eigenvalue weighted by atomic mass is 19.1. The average Bonchev–Trinajstić information content (AvgIpc) is 2.20. The summed E-state index contributed by atoms with van der Waals surface area (Å²) in [4.78, 5) is 10.4. The van der Waals surface area contributed by atoms with Crippen LogP contribution in [0.3, 0.4) is 0 Å². The highest BCUT2D eigenvalue weighted by molar-refractivity contribution is 5.73. The number of aliphatic carboxylic acids is 1. The molecule has 3 nitrogen and oxygen atoms in total. The summed E-state index contributed by atoms with van der Waals surface area (Å²) in [5, 5.41) is 8.51. The van der Waals surface area contributed by atoms with Gasteiger partial charge in [-0.3, -0.25) is 4.79 Å². The molecule has 3 N–H and O–H groups in total. The Balaban J connectivity index is 2.51. The summed E-state index contributed by atoms with van der Waals surface area (Å²) in [5.74, 6) is -1.33. The van der Waals surface area contributed by atoms with Crippen LogP contribution in [0.25, 0.3) is 6.08 Å². The Morgan fingerprint density at radius 2 is 2.07 bits per heavy atom. The predicted octanol–water partition coefficient (Wildman–Crippen LogP) is 1.64. The maximum absolute atomic E-state index is 12.5. The molecule has 0 aliphatic rings. The molecule has 15 heavy (non-hydrogen) atoms. The highest BCUT2D eigenvalue weighted by Gasteiger charge is 2.07. The lowest BCUT2D eigenvalue weighted by Crippen LogP contribution is -2.29. The van der Waals surface area contributed by atoms with Crippen LogP contribution in [0.4, 0.5) is 4.39 Å². The topological polar surface area (TPSA) is 63.3 Å². The van der Waals surface area contributed by atoms with Crippen LogP contribution in [-0.2, 0) is 4.79 Å². The number of halogens is 1. The highest BCUT2D eigenvalue weighted by Crippen LogP contribution is 2.05. The number of benzene rings is 1. The Bertz CT molecular complexity index is 359. The second kappa shape index (κ2) is 5.26. The van der Waals surface area contributed by atoms with E-state index in [2.05, 4.69) is 0 Å². The second-order valence-corrected chi connectivity index (χ2v) is 3.13. The van der Waals surface area contributed by atoms with E-state index in [1.54, 1.807) is 24.3 Å². The van der Waals surface area contributed by atoms with Crippen LogP contribution in [0.2, 0.25) is 0 Å². The molecular weight excluding hydrogens is 197 g/mol. The van der Waals surface area contributed by atoms with E-state index in [-0.39, 0.29) is 12.2 Å². The fraction of sp³-hybridized carbons (Fsp3) is 0.182. The molecule has 0 radical (unpaired) electrons. The van der Waals surface area contributed by atoms with Crippen molar-refractivity contribution in [2.24, 2.45) is 5.73 Å². The normalized spacial score (nSPS) is 12.9. The lowest BCUT2D eigenvalue weighted by Gasteiger charge is -2.00. The molecular formula is C11H12FNO2. The second-order valence-electron chi connectivity index (χ2n) is 3.13. The molecule has 80 valence electrons. The van der Waals surface area contributed by atoms with E-state index < -0.39 is 12.0 Å². The molecule has 1 aromatic rings. The van der Waals surface area contributed by atoms with Gasteiger partial charge >= 0.3 is 5.97 Å². The van der Waals surface area contributed by atoms with Crippen molar-refractivity contribution in [2.45, 2.75) is 12.5 Å². The molecule has 0 aromatic heterocycles. The molecule has 1 atom stereocenters. The third kappa shape index (κ3) is 3.91. The van der Waals surface area contributed by atoms with Gasteiger partial charge < -0.3 is 10.8 Å². The van der Waals surface area contributed by atoms with Gasteiger partial charge in [0.2, 0.25) is 0 Å². The minimum atomic E-state index is -1.03. The molecule has 1 aromatic carbocycles. The molecule has 0 fully saturated rings. The number of carboxylic acid groups (broad SMARTS) is 1. The largest absolute Gasteiger partial charge is 0.480 e. The van der Waals surface area contributed by atoms with Crippen LogP contribution in [-0.4, -0.2) is 17.1 Å². The van der Waals surface area contributed by atoms with E-state index in [1.807, 2.05) is 0 Å². The molecule has 0 amide bonds. The summed E-state index contributed by atoms with van der Waals surface area (Å²) in [6.07, 6.45) is 3.63. The first kappa shape index (κ1) is 11.4. The van der Waals surface area contributed by atoms with Crippen molar-refractivity contribution in [3.05, 3.63) is 41.7 Å². The Hall–Kier alpha value is -1.68. The molecule has 1 unspecified atom stereocenters. The monoisotopic (exact) mass is 209 g/mol. The Morgan fingerprint density at radius 1 is 1.47 bits per heavy atom. The summed E-state index contributed by atoms with van der Waals surface area (Å²) in [6, 6.07) is 5.02. The zero-order valence-electron chi connectivity index (χ0n) is 8.06. The molecule has 0 bridgehead atoms. The first-order valence-electron chi connectivity index (χ1n) is 4.50. The molecule has 0 saturated heterocycles. The van der Waals surface area contributed by atoms with Gasteiger partial charge in [0, 0.05) is 0 Å². The van der Waals surface area contributed by atoms with E-state index in [9.17, 15) is 9.18 Å². The lowest BCUT2D eigenvalue weighted by molar-refractivity contribution is -0.138. The lowest BCUT2D eigenvalue weighted by atomic mass is 10.1. The molecule has 0 spiro atoms. The van der Waals surface area contributed by atoms with Crippen LogP contribution < -0.4 is 5.73 Å². The van der Waals surface area contributed by atoms with Crippen molar-refractivity contribution in [3.63, 3.8) is 0 Å². The SMILES string of the molecule is NC(C/C=C/c1ccc(F)cc1)C(=O)O. The maximum Gasteiger partial charge on any atom is 0.320 e. The van der Waals surface area contributed by atoms with Crippen LogP contribution in [0.15, 0.2) is 30.3 Å². The van der Waals surface area contributed by atoms with Gasteiger partial charge in [-0.15, -0.1) is 0 Å². The maximum atomic E-state index is 12.5. The quantitative estimate of drug-likeness (QED) is 0.792. The molecule has 1 rings (SSSR count). The minimum Gasteiger partial charge on any atom is -0.480 e. The fourth-order valence-electron chi connectivity index (χ4n) is 1.03. The van der Waals surface area contributed by atoms with Crippen molar-refractivity contribution in [3.8, 4) is 0 Å². The summed E-state index contributed by atoms with van der Waals surface area (Å²) in [5.41, 5.74) is 6.11. The smallest absolute Gasteiger partial charge is 0.320 e. The van der Waals surface area contributed by atoms with Crippen molar-refractivity contribution in [2.75, 3.05) is 0 Å². The van der Waals surface area contributed by atoms with Crippen molar-refractivity contribution in [1.82, 2.24) is 0 Å². The minimum absolute atomic E-state index is 0.257. The molecule has 0 heterocycles. The van der Waals surface area contributed by atoms with Crippen molar-refractivity contribution >= 4 is 12.0 Å². The number of nitrogens with two attached hydrogens (primary N) is 1. The molecule has 4 heteroatoms. The number of carbonyl (C=O) groups is 1. The van der Waals surface area contributed by atoms with Crippen LogP contribution in [0.1, 0.15) is 12.0 Å². The van der Waals surface area contributed by atoms with E-state index in [1.165, 1.54) is 12.1 Å². The number of hydrogen-bond acceptors (Lipinski definition) is 2. The van der Waals surface area contributed by atoms with Gasteiger partial charge in [-0.1, -0.05) is 24.3 Å². The van der Waals surface area contributed by atoms with Gasteiger partial charge in [0.15, 0.2) is 0 Å². The van der Waals surface area contributed by atoms with Gasteiger partial charge in [-0.05, 0) is 24.1 Å². The first-order chi connectivity index (χ1) is 7.09.